The van der Waals surface area contributed by atoms with Gasteiger partial charge in [-0.2, -0.15) is 5.26 Å². The normalized spacial score (nSPS) is 23.2. The number of halogens is 1. The van der Waals surface area contributed by atoms with Crippen LogP contribution >= 0.6 is 11.6 Å². The number of benzene rings is 2. The van der Waals surface area contributed by atoms with Crippen molar-refractivity contribution in [2.75, 3.05) is 29.5 Å². The first-order chi connectivity index (χ1) is 19.3. The molecule has 0 spiro atoms. The molecule has 1 aliphatic heterocycles. The smallest absolute Gasteiger partial charge is 0.226 e. The second-order valence-corrected chi connectivity index (χ2v) is 13.8. The van der Waals surface area contributed by atoms with Gasteiger partial charge < -0.3 is 14.6 Å². The van der Waals surface area contributed by atoms with Crippen molar-refractivity contribution in [1.82, 2.24) is 10.3 Å². The molecule has 0 unspecified atom stereocenters. The largest absolute Gasteiger partial charge is 0.440 e. The number of carbonyl (C=O) groups is 1. The van der Waals surface area contributed by atoms with E-state index in [1.165, 1.54) is 0 Å². The lowest BCUT2D eigenvalue weighted by Crippen LogP contribution is -2.42. The zero-order chi connectivity index (χ0) is 27.9. The maximum atomic E-state index is 13.4. The van der Waals surface area contributed by atoms with Crippen molar-refractivity contribution in [3.63, 3.8) is 0 Å². The maximum Gasteiger partial charge on any atom is 0.226 e. The van der Waals surface area contributed by atoms with Gasteiger partial charge in [0, 0.05) is 46.8 Å². The van der Waals surface area contributed by atoms with E-state index in [1.807, 2.05) is 42.5 Å². The van der Waals surface area contributed by atoms with Crippen LogP contribution in [0.2, 0.25) is 5.02 Å². The van der Waals surface area contributed by atoms with Gasteiger partial charge in [0.1, 0.15) is 17.0 Å². The summed E-state index contributed by atoms with van der Waals surface area (Å²) < 4.78 is 30.2. The van der Waals surface area contributed by atoms with E-state index in [4.69, 9.17) is 21.0 Å². The summed E-state index contributed by atoms with van der Waals surface area (Å²) in [6.07, 6.45) is 4.81. The molecule has 0 bridgehead atoms. The number of hydrogen-bond donors (Lipinski definition) is 1. The molecular formula is C30H31ClN4O4S. The summed E-state index contributed by atoms with van der Waals surface area (Å²) in [4.78, 5) is 20.4. The highest BCUT2D eigenvalue weighted by atomic mass is 35.5. The highest BCUT2D eigenvalue weighted by Crippen LogP contribution is 2.45. The Balaban J connectivity index is 1.35. The lowest BCUT2D eigenvalue weighted by atomic mass is 9.76. The Kier molecular flexibility index (Phi) is 7.09. The average molecular weight is 579 g/mol. The molecule has 40 heavy (non-hydrogen) atoms. The number of nitrogens with one attached hydrogen (secondary N) is 1. The van der Waals surface area contributed by atoms with Crippen LogP contribution < -0.4 is 10.2 Å². The van der Waals surface area contributed by atoms with E-state index in [9.17, 15) is 18.5 Å². The van der Waals surface area contributed by atoms with Gasteiger partial charge in [-0.3, -0.25) is 4.79 Å². The second kappa shape index (κ2) is 10.6. The number of aromatic nitrogens is 1. The first-order valence-corrected chi connectivity index (χ1v) is 16.0. The number of anilines is 1. The van der Waals surface area contributed by atoms with Crippen LogP contribution in [0.4, 0.5) is 5.69 Å². The average Bonchev–Trinajstić information content (AvgIpc) is 3.59. The minimum absolute atomic E-state index is 0.0918. The van der Waals surface area contributed by atoms with Crippen LogP contribution in [0.1, 0.15) is 50.2 Å². The Bertz CT molecular complexity index is 1560. The molecule has 208 valence electrons. The molecule has 1 aromatic heterocycles. The number of nitriles is 1. The van der Waals surface area contributed by atoms with Crippen LogP contribution in [-0.4, -0.2) is 49.4 Å². The highest BCUT2D eigenvalue weighted by molar-refractivity contribution is 7.91. The molecule has 6 rings (SSSR count). The third-order valence-corrected chi connectivity index (χ3v) is 10.2. The fourth-order valence-corrected chi connectivity index (χ4v) is 7.20. The van der Waals surface area contributed by atoms with Crippen LogP contribution in [0.3, 0.4) is 0 Å². The van der Waals surface area contributed by atoms with Crippen molar-refractivity contribution < 1.29 is 17.6 Å². The van der Waals surface area contributed by atoms with E-state index in [0.29, 0.717) is 48.3 Å². The van der Waals surface area contributed by atoms with Crippen LogP contribution in [0, 0.1) is 17.2 Å². The molecule has 3 aliphatic rings. The number of oxazole rings is 1. The molecule has 8 nitrogen and oxygen atoms in total. The fraction of sp³-hybridized carbons (Fsp3) is 0.433. The summed E-state index contributed by atoms with van der Waals surface area (Å²) in [5.41, 5.74) is 2.54. The summed E-state index contributed by atoms with van der Waals surface area (Å²) in [7, 11) is -2.97. The Morgan fingerprint density at radius 3 is 2.48 bits per heavy atom. The maximum absolute atomic E-state index is 13.4. The van der Waals surface area contributed by atoms with Crippen molar-refractivity contribution in [1.29, 1.82) is 5.26 Å². The number of nitrogens with zero attached hydrogens (tertiary/aromatic N) is 3. The molecule has 2 atom stereocenters. The number of amides is 1. The van der Waals surface area contributed by atoms with Gasteiger partial charge in [0.05, 0.1) is 17.6 Å². The molecule has 1 saturated heterocycles. The topological polar surface area (TPSA) is 116 Å². The van der Waals surface area contributed by atoms with E-state index in [-0.39, 0.29) is 29.2 Å². The minimum Gasteiger partial charge on any atom is -0.440 e. The fourth-order valence-electron chi connectivity index (χ4n) is 5.81. The Hall–Kier alpha value is -3.35. The molecule has 3 aromatic rings. The van der Waals surface area contributed by atoms with Gasteiger partial charge >= 0.3 is 0 Å². The standard InChI is InChI=1S/C30H31ClN4O4S/c31-22-5-3-4-21(18-22)29-33-26(20-8-10-23(11-9-20)35-14-16-40(37,38)17-15-35)27(39-29)24-6-1-2-7-25(24)28(36)34-30(19-32)12-13-30/h3-5,8-11,18,24-25H,1-2,6-7,12-17H2,(H,34,36)/t24-,25-/m1/s1. The highest BCUT2D eigenvalue weighted by Gasteiger charge is 2.47. The van der Waals surface area contributed by atoms with Gasteiger partial charge in [0.25, 0.3) is 0 Å². The van der Waals surface area contributed by atoms with Crippen molar-refractivity contribution in [2.45, 2.75) is 50.0 Å². The monoisotopic (exact) mass is 578 g/mol. The summed E-state index contributed by atoms with van der Waals surface area (Å²) in [5, 5.41) is 13.1. The zero-order valence-corrected chi connectivity index (χ0v) is 23.7. The molecule has 2 aliphatic carbocycles. The number of carbonyl (C=O) groups excluding carboxylic acids is 1. The zero-order valence-electron chi connectivity index (χ0n) is 22.1. The lowest BCUT2D eigenvalue weighted by Gasteiger charge is -2.30. The number of rotatable bonds is 6. The van der Waals surface area contributed by atoms with Crippen LogP contribution in [0.15, 0.2) is 52.9 Å². The van der Waals surface area contributed by atoms with Gasteiger partial charge in [-0.25, -0.2) is 13.4 Å². The van der Waals surface area contributed by atoms with Gasteiger partial charge in [-0.15, -0.1) is 0 Å². The van der Waals surface area contributed by atoms with Crippen molar-refractivity contribution >= 4 is 33.0 Å². The molecule has 2 heterocycles. The van der Waals surface area contributed by atoms with Gasteiger partial charge in [0.2, 0.25) is 11.8 Å². The second-order valence-electron chi connectivity index (χ2n) is 11.1. The predicted molar refractivity (Wildman–Crippen MR) is 154 cm³/mol. The van der Waals surface area contributed by atoms with Gasteiger partial charge in [-0.1, -0.05) is 42.6 Å². The third kappa shape index (κ3) is 5.48. The number of sulfone groups is 1. The molecule has 10 heteroatoms. The Labute approximate surface area is 239 Å². The third-order valence-electron chi connectivity index (χ3n) is 8.34. The van der Waals surface area contributed by atoms with Gasteiger partial charge in [0.15, 0.2) is 9.84 Å². The van der Waals surface area contributed by atoms with Crippen molar-refractivity contribution in [2.24, 2.45) is 5.92 Å². The summed E-state index contributed by atoms with van der Waals surface area (Å²) in [6, 6.07) is 17.5. The summed E-state index contributed by atoms with van der Waals surface area (Å²) in [6.45, 7) is 0.942. The van der Waals surface area contributed by atoms with Crippen molar-refractivity contribution in [3.8, 4) is 28.8 Å². The van der Waals surface area contributed by atoms with E-state index in [1.54, 1.807) is 6.07 Å². The van der Waals surface area contributed by atoms with Crippen LogP contribution in [-0.2, 0) is 14.6 Å². The Morgan fingerprint density at radius 2 is 1.80 bits per heavy atom. The van der Waals surface area contributed by atoms with E-state index in [0.717, 1.165) is 42.5 Å². The molecule has 1 N–H and O–H groups in total. The van der Waals surface area contributed by atoms with Crippen LogP contribution in [0.5, 0.6) is 0 Å². The van der Waals surface area contributed by atoms with Crippen LogP contribution in [0.25, 0.3) is 22.7 Å². The minimum atomic E-state index is -2.97. The first-order valence-electron chi connectivity index (χ1n) is 13.8. The molecular weight excluding hydrogens is 548 g/mol. The van der Waals surface area contributed by atoms with E-state index < -0.39 is 15.4 Å². The first kappa shape index (κ1) is 26.9. The molecule has 2 aromatic carbocycles. The number of hydrogen-bond acceptors (Lipinski definition) is 7. The lowest BCUT2D eigenvalue weighted by molar-refractivity contribution is -0.127. The molecule has 3 fully saturated rings. The molecule has 0 radical (unpaired) electrons. The van der Waals surface area contributed by atoms with Crippen molar-refractivity contribution in [3.05, 3.63) is 59.3 Å². The van der Waals surface area contributed by atoms with E-state index >= 15 is 0 Å². The summed E-state index contributed by atoms with van der Waals surface area (Å²) >= 11 is 6.27. The Morgan fingerprint density at radius 1 is 1.07 bits per heavy atom. The van der Waals surface area contributed by atoms with E-state index in [2.05, 4.69) is 16.3 Å². The quantitative estimate of drug-likeness (QED) is 0.419. The molecule has 1 amide bonds. The molecule has 2 saturated carbocycles. The summed E-state index contributed by atoms with van der Waals surface area (Å²) in [5.74, 6) is 0.850. The predicted octanol–water partition coefficient (Wildman–Crippen LogP) is 5.34. The SMILES string of the molecule is N#CC1(NC(=O)[C@@H]2CCCC[C@H]2c2oc(-c3cccc(Cl)c3)nc2-c2ccc(N3CCS(=O)(=O)CC3)cc2)CC1. The van der Waals surface area contributed by atoms with Gasteiger partial charge in [-0.05, 0) is 56.0 Å².